The maximum Gasteiger partial charge on any atom is 0.251 e. The second-order valence-corrected chi connectivity index (χ2v) is 7.34. The Bertz CT molecular complexity index is 549. The van der Waals surface area contributed by atoms with E-state index in [4.69, 9.17) is 4.74 Å². The zero-order chi connectivity index (χ0) is 18.2. The van der Waals surface area contributed by atoms with E-state index in [0.29, 0.717) is 0 Å². The highest BCUT2D eigenvalue weighted by Gasteiger charge is 2.13. The minimum Gasteiger partial charge on any atom is -0.379 e. The number of benzene rings is 1. The summed E-state index contributed by atoms with van der Waals surface area (Å²) in [6.45, 7) is 10.9. The Morgan fingerprint density at radius 1 is 1.00 bits per heavy atom. The topological polar surface area (TPSA) is 48.0 Å². The van der Waals surface area contributed by atoms with Gasteiger partial charge in [-0.25, -0.2) is 0 Å². The number of carbonyl (C=O) groups is 1. The van der Waals surface area contributed by atoms with Crippen LogP contribution in [0.4, 0.5) is 0 Å². The van der Waals surface area contributed by atoms with Crippen molar-refractivity contribution in [2.75, 3.05) is 72.6 Å². The summed E-state index contributed by atoms with van der Waals surface area (Å²) in [5, 5.41) is 3.05. The van der Waals surface area contributed by atoms with Crippen LogP contribution in [0.1, 0.15) is 22.3 Å². The molecule has 0 atom stereocenters. The fourth-order valence-electron chi connectivity index (χ4n) is 3.46. The van der Waals surface area contributed by atoms with Crippen LogP contribution in [-0.2, 0) is 11.3 Å². The molecule has 6 nitrogen and oxygen atoms in total. The smallest absolute Gasteiger partial charge is 0.251 e. The average Bonchev–Trinajstić information content (AvgIpc) is 2.68. The number of ether oxygens (including phenoxy) is 1. The highest BCUT2D eigenvalue weighted by atomic mass is 16.5. The summed E-state index contributed by atoms with van der Waals surface area (Å²) in [5.74, 6) is 0.0290. The molecular weight excluding hydrogens is 328 g/mol. The molecule has 2 fully saturated rings. The Morgan fingerprint density at radius 2 is 1.69 bits per heavy atom. The maximum absolute atomic E-state index is 12.3. The molecule has 0 unspecified atom stereocenters. The number of nitrogens with zero attached hydrogens (tertiary/aromatic N) is 3. The lowest BCUT2D eigenvalue weighted by Crippen LogP contribution is -2.45. The summed E-state index contributed by atoms with van der Waals surface area (Å²) in [6.07, 6.45) is 1.00. The third-order valence-electron chi connectivity index (χ3n) is 5.26. The summed E-state index contributed by atoms with van der Waals surface area (Å²) < 4.78 is 5.38. The van der Waals surface area contributed by atoms with Crippen LogP contribution in [0.5, 0.6) is 0 Å². The molecule has 6 heteroatoms. The van der Waals surface area contributed by atoms with Crippen LogP contribution in [0.3, 0.4) is 0 Å². The van der Waals surface area contributed by atoms with Crippen molar-refractivity contribution in [3.8, 4) is 0 Å². The van der Waals surface area contributed by atoms with Gasteiger partial charge in [0.25, 0.3) is 5.91 Å². The first-order valence-electron chi connectivity index (χ1n) is 9.79. The van der Waals surface area contributed by atoms with E-state index in [1.807, 2.05) is 12.1 Å². The molecule has 144 valence electrons. The lowest BCUT2D eigenvalue weighted by atomic mass is 10.1. The van der Waals surface area contributed by atoms with Gasteiger partial charge in [-0.3, -0.25) is 9.69 Å². The first-order valence-corrected chi connectivity index (χ1v) is 9.79. The molecule has 2 aliphatic heterocycles. The fourth-order valence-corrected chi connectivity index (χ4v) is 3.46. The molecule has 0 bridgehead atoms. The van der Waals surface area contributed by atoms with Gasteiger partial charge in [-0.2, -0.15) is 0 Å². The van der Waals surface area contributed by atoms with E-state index in [-0.39, 0.29) is 5.91 Å². The van der Waals surface area contributed by atoms with Crippen molar-refractivity contribution >= 4 is 5.91 Å². The van der Waals surface area contributed by atoms with Crippen LogP contribution in [0.15, 0.2) is 24.3 Å². The van der Waals surface area contributed by atoms with Crippen molar-refractivity contribution in [1.82, 2.24) is 20.0 Å². The average molecular weight is 361 g/mol. The summed E-state index contributed by atoms with van der Waals surface area (Å²) in [4.78, 5) is 19.5. The molecule has 26 heavy (non-hydrogen) atoms. The first kappa shape index (κ1) is 19.3. The van der Waals surface area contributed by atoms with Crippen molar-refractivity contribution in [1.29, 1.82) is 0 Å². The molecule has 1 aromatic rings. The third-order valence-corrected chi connectivity index (χ3v) is 5.26. The zero-order valence-electron chi connectivity index (χ0n) is 16.0. The Morgan fingerprint density at radius 3 is 2.38 bits per heavy atom. The monoisotopic (exact) mass is 360 g/mol. The summed E-state index contributed by atoms with van der Waals surface area (Å²) in [7, 11) is 2.17. The largest absolute Gasteiger partial charge is 0.379 e. The van der Waals surface area contributed by atoms with Crippen molar-refractivity contribution in [2.45, 2.75) is 13.0 Å². The normalized spacial score (nSPS) is 20.2. The first-order chi connectivity index (χ1) is 12.7. The predicted molar refractivity (Wildman–Crippen MR) is 103 cm³/mol. The molecule has 0 spiro atoms. The lowest BCUT2D eigenvalue weighted by Gasteiger charge is -2.32. The van der Waals surface area contributed by atoms with Crippen LogP contribution < -0.4 is 5.32 Å². The van der Waals surface area contributed by atoms with Gasteiger partial charge in [0.1, 0.15) is 0 Å². The maximum atomic E-state index is 12.3. The van der Waals surface area contributed by atoms with Crippen LogP contribution in [-0.4, -0.2) is 93.2 Å². The van der Waals surface area contributed by atoms with Crippen molar-refractivity contribution in [3.05, 3.63) is 35.4 Å². The van der Waals surface area contributed by atoms with Gasteiger partial charge in [0, 0.05) is 57.9 Å². The van der Waals surface area contributed by atoms with Gasteiger partial charge in [-0.1, -0.05) is 12.1 Å². The highest BCUT2D eigenvalue weighted by Crippen LogP contribution is 2.09. The number of likely N-dealkylation sites (N-methyl/N-ethyl adjacent to an activating group) is 1. The molecule has 0 radical (unpaired) electrons. The molecule has 1 amide bonds. The van der Waals surface area contributed by atoms with Crippen LogP contribution in [0, 0.1) is 0 Å². The van der Waals surface area contributed by atoms with Crippen molar-refractivity contribution in [2.24, 2.45) is 0 Å². The van der Waals surface area contributed by atoms with E-state index in [1.54, 1.807) is 0 Å². The van der Waals surface area contributed by atoms with Gasteiger partial charge in [0.2, 0.25) is 0 Å². The highest BCUT2D eigenvalue weighted by molar-refractivity contribution is 5.94. The molecule has 2 aliphatic rings. The van der Waals surface area contributed by atoms with Crippen molar-refractivity contribution in [3.63, 3.8) is 0 Å². The van der Waals surface area contributed by atoms with E-state index in [2.05, 4.69) is 39.2 Å². The van der Waals surface area contributed by atoms with Gasteiger partial charge in [0.05, 0.1) is 13.2 Å². The van der Waals surface area contributed by atoms with Gasteiger partial charge in [0.15, 0.2) is 0 Å². The Labute approximate surface area is 157 Å². The third kappa shape index (κ3) is 6.06. The standard InChI is InChI=1S/C20H32N4O2/c1-22-9-11-23(12-10-22)8-2-7-21-20(25)19-5-3-18(4-6-19)17-24-13-15-26-16-14-24/h3-6H,2,7-17H2,1H3,(H,21,25). The Kier molecular flexibility index (Phi) is 7.43. The molecule has 1 N–H and O–H groups in total. The number of carbonyl (C=O) groups excluding carboxylic acids is 1. The summed E-state index contributed by atoms with van der Waals surface area (Å²) in [5.41, 5.74) is 1.99. The summed E-state index contributed by atoms with van der Waals surface area (Å²) >= 11 is 0. The van der Waals surface area contributed by atoms with Crippen LogP contribution in [0.25, 0.3) is 0 Å². The van der Waals surface area contributed by atoms with E-state index in [9.17, 15) is 4.79 Å². The molecule has 0 aliphatic carbocycles. The fraction of sp³-hybridized carbons (Fsp3) is 0.650. The van der Waals surface area contributed by atoms with Gasteiger partial charge in [-0.15, -0.1) is 0 Å². The van der Waals surface area contributed by atoms with E-state index in [0.717, 1.165) is 84.1 Å². The van der Waals surface area contributed by atoms with E-state index >= 15 is 0 Å². The quantitative estimate of drug-likeness (QED) is 0.732. The van der Waals surface area contributed by atoms with Crippen LogP contribution in [0.2, 0.25) is 0 Å². The van der Waals surface area contributed by atoms with Crippen molar-refractivity contribution < 1.29 is 9.53 Å². The minimum absolute atomic E-state index is 0.0290. The Balaban J connectivity index is 1.35. The molecular formula is C20H32N4O2. The van der Waals surface area contributed by atoms with Gasteiger partial charge in [-0.05, 0) is 37.7 Å². The number of hydrogen-bond donors (Lipinski definition) is 1. The predicted octanol–water partition coefficient (Wildman–Crippen LogP) is 0.886. The van der Waals surface area contributed by atoms with E-state index < -0.39 is 0 Å². The summed E-state index contributed by atoms with van der Waals surface area (Å²) in [6, 6.07) is 8.00. The number of piperazine rings is 1. The molecule has 0 saturated carbocycles. The molecule has 3 rings (SSSR count). The number of hydrogen-bond acceptors (Lipinski definition) is 5. The van der Waals surface area contributed by atoms with Gasteiger partial charge < -0.3 is 19.9 Å². The molecule has 2 heterocycles. The number of amides is 1. The Hall–Kier alpha value is -1.47. The molecule has 0 aromatic heterocycles. The second-order valence-electron chi connectivity index (χ2n) is 7.34. The SMILES string of the molecule is CN1CCN(CCCNC(=O)c2ccc(CN3CCOCC3)cc2)CC1. The number of morpholine rings is 1. The van der Waals surface area contributed by atoms with Crippen LogP contribution >= 0.6 is 0 Å². The number of rotatable bonds is 7. The zero-order valence-corrected chi connectivity index (χ0v) is 16.0. The van der Waals surface area contributed by atoms with E-state index in [1.165, 1.54) is 5.56 Å². The second kappa shape index (κ2) is 10.0. The molecule has 2 saturated heterocycles. The lowest BCUT2D eigenvalue weighted by molar-refractivity contribution is 0.0342. The number of nitrogens with one attached hydrogen (secondary N) is 1. The minimum atomic E-state index is 0.0290. The molecule has 1 aromatic carbocycles. The van der Waals surface area contributed by atoms with Gasteiger partial charge >= 0.3 is 0 Å².